The fourth-order valence-corrected chi connectivity index (χ4v) is 5.06. The molecule has 0 aliphatic rings. The predicted molar refractivity (Wildman–Crippen MR) is 115 cm³/mol. The number of rotatable bonds is 8. The molecule has 9 nitrogen and oxygen atoms in total. The number of hydrogen-bond donors (Lipinski definition) is 3. The van der Waals surface area contributed by atoms with Gasteiger partial charge in [0.1, 0.15) is 11.5 Å². The van der Waals surface area contributed by atoms with Gasteiger partial charge in [-0.3, -0.25) is 14.9 Å². The third-order valence-electron chi connectivity index (χ3n) is 4.49. The van der Waals surface area contributed by atoms with Crippen molar-refractivity contribution in [2.24, 2.45) is 5.73 Å². The molecule has 0 aliphatic heterocycles. The van der Waals surface area contributed by atoms with Crippen LogP contribution in [0.5, 0.6) is 0 Å². The van der Waals surface area contributed by atoms with Crippen LogP contribution in [0.25, 0.3) is 11.3 Å². The second-order valence-corrected chi connectivity index (χ2v) is 9.19. The highest BCUT2D eigenvalue weighted by Gasteiger charge is 2.24. The lowest BCUT2D eigenvalue weighted by Crippen LogP contribution is -2.31. The second kappa shape index (κ2) is 8.96. The molecule has 0 spiro atoms. The molecular formula is C19H20FN5O4S2. The predicted octanol–water partition coefficient (Wildman–Crippen LogP) is 2.66. The van der Waals surface area contributed by atoms with Crippen LogP contribution < -0.4 is 11.1 Å². The molecule has 164 valence electrons. The van der Waals surface area contributed by atoms with Crippen molar-refractivity contribution < 1.29 is 22.4 Å². The first-order valence-electron chi connectivity index (χ1n) is 9.22. The molecule has 0 radical (unpaired) electrons. The van der Waals surface area contributed by atoms with Crippen LogP contribution in [-0.4, -0.2) is 47.6 Å². The van der Waals surface area contributed by atoms with Gasteiger partial charge in [0, 0.05) is 30.2 Å². The Bertz CT molecular complexity index is 1230. The van der Waals surface area contributed by atoms with Crippen LogP contribution in [0.4, 0.5) is 9.52 Å². The number of carbonyl (C=O) groups is 2. The largest absolute Gasteiger partial charge is 0.364 e. The topological polar surface area (TPSA) is 138 Å². The van der Waals surface area contributed by atoms with Gasteiger partial charge in [0.15, 0.2) is 5.13 Å². The zero-order valence-corrected chi connectivity index (χ0v) is 18.3. The van der Waals surface area contributed by atoms with E-state index in [1.54, 1.807) is 25.4 Å². The van der Waals surface area contributed by atoms with Crippen LogP contribution in [0.1, 0.15) is 34.7 Å². The van der Waals surface area contributed by atoms with Gasteiger partial charge in [-0.1, -0.05) is 13.8 Å². The quantitative estimate of drug-likeness (QED) is 0.469. The van der Waals surface area contributed by atoms with Gasteiger partial charge in [-0.25, -0.2) is 17.8 Å². The molecule has 0 bridgehead atoms. The zero-order valence-electron chi connectivity index (χ0n) is 16.7. The molecule has 0 fully saturated rings. The average Bonchev–Trinajstić information content (AvgIpc) is 3.38. The Hall–Kier alpha value is -3.09. The van der Waals surface area contributed by atoms with E-state index in [-0.39, 0.29) is 28.8 Å². The number of nitrogens with two attached hydrogens (primary N) is 1. The Balaban J connectivity index is 1.84. The highest BCUT2D eigenvalue weighted by Crippen LogP contribution is 2.26. The lowest BCUT2D eigenvalue weighted by atomic mass is 10.2. The number of nitrogens with zero attached hydrogens (tertiary/aromatic N) is 2. The van der Waals surface area contributed by atoms with E-state index in [1.807, 2.05) is 0 Å². The number of anilines is 1. The molecule has 0 saturated heterocycles. The molecule has 2 amide bonds. The Labute approximate surface area is 182 Å². The first-order valence-corrected chi connectivity index (χ1v) is 11.5. The van der Waals surface area contributed by atoms with E-state index in [2.05, 4.69) is 15.3 Å². The molecule has 2 heterocycles. The number of amides is 2. The van der Waals surface area contributed by atoms with Gasteiger partial charge in [0.25, 0.3) is 11.8 Å². The number of H-pyrrole nitrogens is 1. The van der Waals surface area contributed by atoms with Crippen molar-refractivity contribution in [3.05, 3.63) is 52.9 Å². The summed E-state index contributed by atoms with van der Waals surface area (Å²) in [5.41, 5.74) is 6.06. The summed E-state index contributed by atoms with van der Waals surface area (Å²) in [6.45, 7) is 3.87. The van der Waals surface area contributed by atoms with Gasteiger partial charge in [-0.15, -0.1) is 11.3 Å². The first kappa shape index (κ1) is 22.6. The standard InChI is InChI=1S/C19H20FN5O4S2/c1-3-25(4-2)31(28,29)12-5-6-14(20)13(8-12)18(27)24-19-23-16(10-30-19)11-7-15(17(21)26)22-9-11/h5-10,22H,3-4H2,1-2H3,(H2,21,26)(H,23,24,27). The van der Waals surface area contributed by atoms with Crippen LogP contribution in [0, 0.1) is 5.82 Å². The first-order chi connectivity index (χ1) is 14.7. The molecule has 4 N–H and O–H groups in total. The third kappa shape index (κ3) is 4.65. The Kier molecular flexibility index (Phi) is 6.53. The summed E-state index contributed by atoms with van der Waals surface area (Å²) in [6.07, 6.45) is 1.54. The number of halogens is 1. The molecular weight excluding hydrogens is 445 g/mol. The summed E-state index contributed by atoms with van der Waals surface area (Å²) in [6, 6.07) is 4.61. The van der Waals surface area contributed by atoms with Crippen LogP contribution in [0.3, 0.4) is 0 Å². The number of benzene rings is 1. The summed E-state index contributed by atoms with van der Waals surface area (Å²) in [5, 5.41) is 4.29. The maximum absolute atomic E-state index is 14.3. The lowest BCUT2D eigenvalue weighted by molar-refractivity contribution is 0.0993. The van der Waals surface area contributed by atoms with Gasteiger partial charge < -0.3 is 10.7 Å². The van der Waals surface area contributed by atoms with Gasteiger partial charge in [-0.05, 0) is 24.3 Å². The molecule has 3 rings (SSSR count). The van der Waals surface area contributed by atoms with Crippen molar-refractivity contribution in [1.82, 2.24) is 14.3 Å². The highest BCUT2D eigenvalue weighted by atomic mass is 32.2. The van der Waals surface area contributed by atoms with Crippen molar-refractivity contribution in [1.29, 1.82) is 0 Å². The van der Waals surface area contributed by atoms with Gasteiger partial charge >= 0.3 is 0 Å². The molecule has 0 unspecified atom stereocenters. The van der Waals surface area contributed by atoms with Crippen molar-refractivity contribution in [2.45, 2.75) is 18.7 Å². The van der Waals surface area contributed by atoms with E-state index in [0.29, 0.717) is 11.3 Å². The minimum Gasteiger partial charge on any atom is -0.364 e. The van der Waals surface area contributed by atoms with Crippen LogP contribution in [-0.2, 0) is 10.0 Å². The summed E-state index contributed by atoms with van der Waals surface area (Å²) >= 11 is 1.09. The van der Waals surface area contributed by atoms with Crippen molar-refractivity contribution in [2.75, 3.05) is 18.4 Å². The number of aromatic amines is 1. The summed E-state index contributed by atoms with van der Waals surface area (Å²) in [5.74, 6) is -2.31. The molecule has 1 aromatic carbocycles. The number of carbonyl (C=O) groups excluding carboxylic acids is 2. The molecule has 0 atom stereocenters. The normalized spacial score (nSPS) is 11.6. The van der Waals surface area contributed by atoms with E-state index < -0.39 is 33.2 Å². The van der Waals surface area contributed by atoms with E-state index in [1.165, 1.54) is 10.4 Å². The monoisotopic (exact) mass is 465 g/mol. The van der Waals surface area contributed by atoms with E-state index >= 15 is 0 Å². The van der Waals surface area contributed by atoms with Gasteiger partial charge in [-0.2, -0.15) is 4.31 Å². The van der Waals surface area contributed by atoms with Crippen molar-refractivity contribution in [3.63, 3.8) is 0 Å². The minimum atomic E-state index is -3.85. The number of sulfonamides is 1. The molecule has 3 aromatic rings. The summed E-state index contributed by atoms with van der Waals surface area (Å²) in [7, 11) is -3.85. The van der Waals surface area contributed by atoms with Crippen molar-refractivity contribution in [3.8, 4) is 11.3 Å². The molecule has 31 heavy (non-hydrogen) atoms. The van der Waals surface area contributed by atoms with Gasteiger partial charge in [0.05, 0.1) is 16.2 Å². The molecule has 2 aromatic heterocycles. The fourth-order valence-electron chi connectivity index (χ4n) is 2.86. The SMILES string of the molecule is CCN(CC)S(=O)(=O)c1ccc(F)c(C(=O)Nc2nc(-c3c[nH]c(C(N)=O)c3)cs2)c1. The number of hydrogen-bond acceptors (Lipinski definition) is 6. The smallest absolute Gasteiger partial charge is 0.265 e. The minimum absolute atomic E-state index is 0.172. The second-order valence-electron chi connectivity index (χ2n) is 6.39. The summed E-state index contributed by atoms with van der Waals surface area (Å²) in [4.78, 5) is 30.6. The fraction of sp³-hybridized carbons (Fsp3) is 0.211. The van der Waals surface area contributed by atoms with Gasteiger partial charge in [0.2, 0.25) is 10.0 Å². The lowest BCUT2D eigenvalue weighted by Gasteiger charge is -2.18. The molecule has 0 saturated carbocycles. The third-order valence-corrected chi connectivity index (χ3v) is 7.30. The Morgan fingerprint density at radius 1 is 1.26 bits per heavy atom. The average molecular weight is 466 g/mol. The number of aromatic nitrogens is 2. The maximum atomic E-state index is 14.3. The molecule has 12 heteroatoms. The number of primary amides is 1. The Morgan fingerprint density at radius 3 is 2.58 bits per heavy atom. The van der Waals surface area contributed by atoms with Crippen LogP contribution in [0.15, 0.2) is 40.7 Å². The maximum Gasteiger partial charge on any atom is 0.265 e. The Morgan fingerprint density at radius 2 is 1.97 bits per heavy atom. The van der Waals surface area contributed by atoms with E-state index in [4.69, 9.17) is 5.73 Å². The van der Waals surface area contributed by atoms with Crippen LogP contribution >= 0.6 is 11.3 Å². The van der Waals surface area contributed by atoms with Crippen LogP contribution in [0.2, 0.25) is 0 Å². The molecule has 0 aliphatic carbocycles. The number of nitrogens with one attached hydrogen (secondary N) is 2. The van der Waals surface area contributed by atoms with E-state index in [9.17, 15) is 22.4 Å². The number of thiazole rings is 1. The summed E-state index contributed by atoms with van der Waals surface area (Å²) < 4.78 is 40.9. The van der Waals surface area contributed by atoms with Crippen molar-refractivity contribution >= 4 is 38.3 Å². The highest BCUT2D eigenvalue weighted by molar-refractivity contribution is 7.89. The van der Waals surface area contributed by atoms with E-state index in [0.717, 1.165) is 29.5 Å². The zero-order chi connectivity index (χ0) is 22.8.